The molecular formula is C24H34N8O5. The van der Waals surface area contributed by atoms with Crippen molar-refractivity contribution in [3.63, 3.8) is 0 Å². The van der Waals surface area contributed by atoms with E-state index in [2.05, 4.69) is 40.6 Å². The second kappa shape index (κ2) is 17.0. The number of nitrogens with two attached hydrogens (primary N) is 1. The van der Waals surface area contributed by atoms with Crippen molar-refractivity contribution in [3.05, 3.63) is 52.1 Å². The fourth-order valence-corrected chi connectivity index (χ4v) is 2.73. The second-order valence-electron chi connectivity index (χ2n) is 7.00. The average Bonchev–Trinajstić information content (AvgIpc) is 2.92. The van der Waals surface area contributed by atoms with E-state index in [1.807, 2.05) is 13.8 Å². The highest BCUT2D eigenvalue weighted by atomic mass is 16.5. The molecule has 13 nitrogen and oxygen atoms in total. The molecule has 0 radical (unpaired) electrons. The topological polar surface area (TPSA) is 194 Å². The van der Waals surface area contributed by atoms with Crippen LogP contribution in [0.3, 0.4) is 0 Å². The SMILES string of the molecule is CC.CCOC=O.CNC(=O)CCCNC(=O)c1ccc(NCc2cnc3nc(N)[nH]c(=O)c3n2)cc1. The summed E-state index contributed by atoms with van der Waals surface area (Å²) in [5, 5.41) is 8.47. The highest BCUT2D eigenvalue weighted by Crippen LogP contribution is 2.11. The van der Waals surface area contributed by atoms with Gasteiger partial charge in [-0.1, -0.05) is 13.8 Å². The highest BCUT2D eigenvalue weighted by Gasteiger charge is 2.08. The van der Waals surface area contributed by atoms with E-state index in [4.69, 9.17) is 5.73 Å². The first-order valence-corrected chi connectivity index (χ1v) is 11.8. The molecule has 2 aromatic heterocycles. The third kappa shape index (κ3) is 10.7. The van der Waals surface area contributed by atoms with Crippen molar-refractivity contribution in [2.75, 3.05) is 31.2 Å². The van der Waals surface area contributed by atoms with Crippen LogP contribution in [0.25, 0.3) is 11.2 Å². The van der Waals surface area contributed by atoms with Crippen molar-refractivity contribution < 1.29 is 19.1 Å². The number of aromatic nitrogens is 4. The van der Waals surface area contributed by atoms with E-state index in [0.717, 1.165) is 5.69 Å². The smallest absolute Gasteiger partial charge is 0.293 e. The van der Waals surface area contributed by atoms with Crippen molar-refractivity contribution >= 4 is 41.1 Å². The lowest BCUT2D eigenvalue weighted by Gasteiger charge is -2.08. The predicted octanol–water partition coefficient (Wildman–Crippen LogP) is 1.37. The molecule has 37 heavy (non-hydrogen) atoms. The molecule has 0 bridgehead atoms. The van der Waals surface area contributed by atoms with Gasteiger partial charge in [0.25, 0.3) is 17.9 Å². The summed E-state index contributed by atoms with van der Waals surface area (Å²) < 4.78 is 4.15. The third-order valence-electron chi connectivity index (χ3n) is 4.49. The summed E-state index contributed by atoms with van der Waals surface area (Å²) >= 11 is 0. The van der Waals surface area contributed by atoms with Crippen LogP contribution in [0.4, 0.5) is 11.6 Å². The van der Waals surface area contributed by atoms with E-state index in [1.54, 1.807) is 38.2 Å². The number of aromatic amines is 1. The normalized spacial score (nSPS) is 9.62. The number of nitrogens with one attached hydrogen (secondary N) is 4. The third-order valence-corrected chi connectivity index (χ3v) is 4.49. The zero-order valence-corrected chi connectivity index (χ0v) is 21.5. The van der Waals surface area contributed by atoms with Crippen LogP contribution >= 0.6 is 0 Å². The monoisotopic (exact) mass is 514 g/mol. The standard InChI is InChI=1S/C19H22N8O3.C3H6O2.C2H6/c1-21-14(28)3-2-8-22-17(29)11-4-6-12(7-5-11)23-9-13-10-24-16-15(25-13)18(30)27-19(20)26-16;1-2-5-3-4;1-2/h4-7,10,23H,2-3,8-9H2,1H3,(H,21,28)(H,22,29)(H3,20,24,26,27,30);3H,2H2,1H3;1-2H3. The lowest BCUT2D eigenvalue weighted by atomic mass is 10.2. The van der Waals surface area contributed by atoms with Gasteiger partial charge in [-0.05, 0) is 37.6 Å². The molecule has 2 amide bonds. The van der Waals surface area contributed by atoms with E-state index < -0.39 is 5.56 Å². The van der Waals surface area contributed by atoms with Crippen LogP contribution in [0, 0.1) is 0 Å². The molecule has 0 spiro atoms. The summed E-state index contributed by atoms with van der Waals surface area (Å²) in [6.45, 7) is 7.42. The van der Waals surface area contributed by atoms with Crippen LogP contribution in [0.5, 0.6) is 0 Å². The molecule has 3 aromatic rings. The van der Waals surface area contributed by atoms with Crippen LogP contribution in [0.15, 0.2) is 35.3 Å². The predicted molar refractivity (Wildman–Crippen MR) is 141 cm³/mol. The van der Waals surface area contributed by atoms with Gasteiger partial charge in [-0.15, -0.1) is 0 Å². The number of H-pyrrole nitrogens is 1. The fourth-order valence-electron chi connectivity index (χ4n) is 2.73. The molecule has 3 rings (SSSR count). The van der Waals surface area contributed by atoms with E-state index in [-0.39, 0.29) is 28.9 Å². The molecule has 0 saturated heterocycles. The number of carbonyl (C=O) groups is 3. The van der Waals surface area contributed by atoms with Crippen molar-refractivity contribution in [3.8, 4) is 0 Å². The first-order valence-electron chi connectivity index (χ1n) is 11.8. The quantitative estimate of drug-likeness (QED) is 0.195. The molecule has 0 fully saturated rings. The number of nitrogens with zero attached hydrogens (tertiary/aromatic N) is 3. The van der Waals surface area contributed by atoms with Crippen LogP contribution in [0.2, 0.25) is 0 Å². The van der Waals surface area contributed by atoms with E-state index in [1.165, 1.54) is 6.20 Å². The molecule has 200 valence electrons. The summed E-state index contributed by atoms with van der Waals surface area (Å²) in [5.41, 5.74) is 7.19. The molecule has 13 heteroatoms. The highest BCUT2D eigenvalue weighted by molar-refractivity contribution is 5.94. The summed E-state index contributed by atoms with van der Waals surface area (Å²) in [6, 6.07) is 6.92. The van der Waals surface area contributed by atoms with E-state index in [0.29, 0.717) is 50.3 Å². The zero-order valence-electron chi connectivity index (χ0n) is 21.5. The number of carbonyl (C=O) groups excluding carboxylic acids is 3. The minimum Gasteiger partial charge on any atom is -0.468 e. The maximum Gasteiger partial charge on any atom is 0.293 e. The van der Waals surface area contributed by atoms with E-state index >= 15 is 0 Å². The minimum absolute atomic E-state index is 0.0109. The number of hydrogen-bond acceptors (Lipinski definition) is 10. The Balaban J connectivity index is 0.000000874. The first-order chi connectivity index (χ1) is 17.9. The van der Waals surface area contributed by atoms with Gasteiger partial charge in [0.1, 0.15) is 0 Å². The number of nitrogen functional groups attached to an aromatic ring is 1. The number of fused-ring (bicyclic) bond motifs is 1. The Kier molecular flexibility index (Phi) is 14.0. The average molecular weight is 515 g/mol. The van der Waals surface area contributed by atoms with Crippen molar-refractivity contribution in [1.82, 2.24) is 30.6 Å². The number of rotatable bonds is 10. The van der Waals surface area contributed by atoms with Gasteiger partial charge in [0, 0.05) is 31.3 Å². The molecule has 1 aromatic carbocycles. The number of hydrogen-bond donors (Lipinski definition) is 5. The molecule has 0 unspecified atom stereocenters. The number of anilines is 2. The minimum atomic E-state index is -0.447. The van der Waals surface area contributed by atoms with Gasteiger partial charge in [-0.3, -0.25) is 24.2 Å². The van der Waals surface area contributed by atoms with Crippen LogP contribution in [0.1, 0.15) is 49.7 Å². The molecule has 2 heterocycles. The summed E-state index contributed by atoms with van der Waals surface area (Å²) in [6.07, 6.45) is 2.46. The molecule has 0 atom stereocenters. The maximum absolute atomic E-state index is 12.1. The van der Waals surface area contributed by atoms with Gasteiger partial charge in [0.2, 0.25) is 11.9 Å². The molecule has 0 aliphatic heterocycles. The lowest BCUT2D eigenvalue weighted by Crippen LogP contribution is -2.26. The lowest BCUT2D eigenvalue weighted by molar-refractivity contribution is -0.128. The molecular weight excluding hydrogens is 480 g/mol. The van der Waals surface area contributed by atoms with Crippen LogP contribution in [-0.2, 0) is 20.9 Å². The Labute approximate surface area is 214 Å². The van der Waals surface area contributed by atoms with Gasteiger partial charge in [-0.2, -0.15) is 4.98 Å². The Morgan fingerprint density at radius 2 is 1.86 bits per heavy atom. The van der Waals surface area contributed by atoms with E-state index in [9.17, 15) is 19.2 Å². The summed E-state index contributed by atoms with van der Waals surface area (Å²) in [7, 11) is 1.58. The van der Waals surface area contributed by atoms with Crippen LogP contribution in [-0.4, -0.2) is 58.4 Å². The van der Waals surface area contributed by atoms with Gasteiger partial charge in [0.05, 0.1) is 25.0 Å². The Bertz CT molecular complexity index is 1200. The van der Waals surface area contributed by atoms with Gasteiger partial charge >= 0.3 is 0 Å². The largest absolute Gasteiger partial charge is 0.468 e. The second-order valence-corrected chi connectivity index (χ2v) is 7.00. The molecule has 6 N–H and O–H groups in total. The first kappa shape index (κ1) is 30.5. The number of benzene rings is 1. The van der Waals surface area contributed by atoms with Gasteiger partial charge < -0.3 is 26.4 Å². The Morgan fingerprint density at radius 1 is 1.16 bits per heavy atom. The maximum atomic E-state index is 12.1. The Hall–Kier alpha value is -4.55. The van der Waals surface area contributed by atoms with Gasteiger partial charge in [0.15, 0.2) is 11.2 Å². The zero-order chi connectivity index (χ0) is 27.6. The van der Waals surface area contributed by atoms with Crippen molar-refractivity contribution in [1.29, 1.82) is 0 Å². The van der Waals surface area contributed by atoms with Crippen molar-refractivity contribution in [2.45, 2.75) is 40.2 Å². The number of ether oxygens (including phenoxy) is 1. The fraction of sp³-hybridized carbons (Fsp3) is 0.375. The van der Waals surface area contributed by atoms with Gasteiger partial charge in [-0.25, -0.2) is 9.97 Å². The van der Waals surface area contributed by atoms with Crippen molar-refractivity contribution in [2.24, 2.45) is 0 Å². The summed E-state index contributed by atoms with van der Waals surface area (Å²) in [4.78, 5) is 59.1. The molecule has 0 aliphatic carbocycles. The Morgan fingerprint density at radius 3 is 2.46 bits per heavy atom. The summed E-state index contributed by atoms with van der Waals surface area (Å²) in [5.74, 6) is -0.270. The molecule has 0 saturated carbocycles. The number of amides is 2. The molecule has 0 aliphatic rings. The van der Waals surface area contributed by atoms with Crippen LogP contribution < -0.4 is 27.2 Å².